The summed E-state index contributed by atoms with van der Waals surface area (Å²) < 4.78 is 9.54. The number of hydrogen-bond acceptors (Lipinski definition) is 2. The van der Waals surface area contributed by atoms with Crippen molar-refractivity contribution < 1.29 is 4.74 Å². The zero-order valence-electron chi connectivity index (χ0n) is 35.7. The fourth-order valence-corrected chi connectivity index (χ4v) is 10.7. The number of hydrogen-bond donors (Lipinski definition) is 0. The molecule has 0 amide bonds. The van der Waals surface area contributed by atoms with E-state index in [1.54, 1.807) is 0 Å². The van der Waals surface area contributed by atoms with Crippen LogP contribution in [0.3, 0.4) is 0 Å². The van der Waals surface area contributed by atoms with Gasteiger partial charge in [0, 0.05) is 45.0 Å². The van der Waals surface area contributed by atoms with Crippen LogP contribution < -0.4 is 9.64 Å². The minimum absolute atomic E-state index is 0.117. The maximum absolute atomic E-state index is 7.05. The van der Waals surface area contributed by atoms with Crippen molar-refractivity contribution in [2.45, 2.75) is 30.8 Å². The summed E-state index contributed by atoms with van der Waals surface area (Å²) in [5.41, 5.74) is 17.7. The Bertz CT molecular complexity index is 3170. The standard InChI is InChI=1S/C61H46N2O/c1-61(48-31-39-51(40-32-48)62(49-33-25-45(26-34-49)42-15-5-2-6-16-42)50-35-27-46(28-36-50)43-17-7-3-8-18-43)41-55-53-21-12-14-24-57(53)64-60(55)59-58(61)54-22-11-13-23-56(54)63(59)52-37-29-47(30-38-52)44-19-9-4-10-20-44/h2-40,55,60H,41H2,1H3. The Morgan fingerprint density at radius 2 is 0.891 bits per heavy atom. The van der Waals surface area contributed by atoms with Gasteiger partial charge in [-0.05, 0) is 112 Å². The van der Waals surface area contributed by atoms with E-state index >= 15 is 0 Å². The van der Waals surface area contributed by atoms with E-state index in [1.807, 2.05) is 0 Å². The van der Waals surface area contributed by atoms with Gasteiger partial charge in [0.05, 0.1) is 11.2 Å². The van der Waals surface area contributed by atoms with Gasteiger partial charge >= 0.3 is 0 Å². The number of aromatic nitrogens is 1. The second-order valence-electron chi connectivity index (χ2n) is 17.5. The van der Waals surface area contributed by atoms with Crippen molar-refractivity contribution in [1.82, 2.24) is 4.57 Å². The van der Waals surface area contributed by atoms with Crippen LogP contribution in [0.1, 0.15) is 47.8 Å². The van der Waals surface area contributed by atoms with Crippen LogP contribution in [0, 0.1) is 0 Å². The van der Waals surface area contributed by atoms with E-state index in [-0.39, 0.29) is 17.4 Å². The van der Waals surface area contributed by atoms with Gasteiger partial charge in [-0.25, -0.2) is 0 Å². The molecule has 3 nitrogen and oxygen atoms in total. The molecule has 306 valence electrons. The molecule has 12 rings (SSSR count). The number of anilines is 3. The van der Waals surface area contributed by atoms with E-state index in [9.17, 15) is 0 Å². The summed E-state index contributed by atoms with van der Waals surface area (Å²) >= 11 is 0. The molecular weight excluding hydrogens is 777 g/mol. The van der Waals surface area contributed by atoms with Gasteiger partial charge in [-0.2, -0.15) is 0 Å². The predicted molar refractivity (Wildman–Crippen MR) is 264 cm³/mol. The molecule has 9 aromatic carbocycles. The maximum Gasteiger partial charge on any atom is 0.146 e. The van der Waals surface area contributed by atoms with Crippen molar-refractivity contribution in [3.05, 3.63) is 259 Å². The van der Waals surface area contributed by atoms with Crippen molar-refractivity contribution >= 4 is 28.0 Å². The monoisotopic (exact) mass is 822 g/mol. The van der Waals surface area contributed by atoms with Gasteiger partial charge in [0.1, 0.15) is 11.9 Å². The molecule has 3 atom stereocenters. The molecule has 1 aliphatic heterocycles. The van der Waals surface area contributed by atoms with Crippen LogP contribution in [0.25, 0.3) is 50.0 Å². The number of nitrogens with zero attached hydrogens (tertiary/aromatic N) is 2. The van der Waals surface area contributed by atoms with E-state index in [0.29, 0.717) is 0 Å². The molecule has 3 unspecified atom stereocenters. The quantitative estimate of drug-likeness (QED) is 0.152. The minimum Gasteiger partial charge on any atom is -0.483 e. The zero-order chi connectivity index (χ0) is 42.6. The first-order chi connectivity index (χ1) is 31.6. The van der Waals surface area contributed by atoms with Crippen LogP contribution in [0.2, 0.25) is 0 Å². The fraction of sp³-hybridized carbons (Fsp3) is 0.0820. The summed E-state index contributed by atoms with van der Waals surface area (Å²) in [6.07, 6.45) is 0.808. The molecule has 3 heteroatoms. The van der Waals surface area contributed by atoms with Crippen LogP contribution in [-0.4, -0.2) is 4.57 Å². The third-order valence-corrected chi connectivity index (χ3v) is 13.8. The Balaban J connectivity index is 0.988. The highest BCUT2D eigenvalue weighted by atomic mass is 16.5. The molecule has 0 N–H and O–H groups in total. The van der Waals surface area contributed by atoms with Gasteiger partial charge in [0.2, 0.25) is 0 Å². The van der Waals surface area contributed by atoms with Crippen molar-refractivity contribution in [2.24, 2.45) is 0 Å². The van der Waals surface area contributed by atoms with Crippen molar-refractivity contribution in [3.63, 3.8) is 0 Å². The Kier molecular flexibility index (Phi) is 9.15. The summed E-state index contributed by atoms with van der Waals surface area (Å²) in [6.45, 7) is 2.47. The average Bonchev–Trinajstić information content (AvgIpc) is 3.92. The number of rotatable bonds is 8. The lowest BCUT2D eigenvalue weighted by molar-refractivity contribution is 0.171. The van der Waals surface area contributed by atoms with Crippen LogP contribution in [0.15, 0.2) is 237 Å². The van der Waals surface area contributed by atoms with Crippen molar-refractivity contribution in [1.29, 1.82) is 0 Å². The highest BCUT2D eigenvalue weighted by molar-refractivity contribution is 5.90. The molecule has 10 aromatic rings. The molecule has 0 spiro atoms. The lowest BCUT2D eigenvalue weighted by Crippen LogP contribution is -2.35. The SMILES string of the molecule is CC1(c2ccc(N(c3ccc(-c4ccccc4)cc3)c3ccc(-c4ccccc4)cc3)cc2)CC2c3ccccc3OC2c2c1c1ccccc1n2-c1ccc(-c2ccccc2)cc1. The largest absolute Gasteiger partial charge is 0.483 e. The molecule has 0 saturated heterocycles. The maximum atomic E-state index is 7.05. The number of benzene rings is 9. The lowest BCUT2D eigenvalue weighted by atomic mass is 9.63. The average molecular weight is 823 g/mol. The normalized spacial score (nSPS) is 17.3. The smallest absolute Gasteiger partial charge is 0.146 e. The van der Waals surface area contributed by atoms with Gasteiger partial charge in [-0.1, -0.05) is 183 Å². The number of ether oxygens (including phenoxy) is 1. The van der Waals surface area contributed by atoms with Gasteiger partial charge < -0.3 is 14.2 Å². The van der Waals surface area contributed by atoms with E-state index in [4.69, 9.17) is 4.74 Å². The molecule has 0 bridgehead atoms. The Morgan fingerprint density at radius 1 is 0.453 bits per heavy atom. The molecule has 64 heavy (non-hydrogen) atoms. The molecule has 1 aromatic heterocycles. The summed E-state index contributed by atoms with van der Waals surface area (Å²) in [5, 5.41) is 1.27. The minimum atomic E-state index is -0.329. The van der Waals surface area contributed by atoms with E-state index < -0.39 is 0 Å². The highest BCUT2D eigenvalue weighted by Gasteiger charge is 2.51. The molecule has 2 heterocycles. The first-order valence-electron chi connectivity index (χ1n) is 22.4. The van der Waals surface area contributed by atoms with Crippen LogP contribution in [0.4, 0.5) is 17.1 Å². The van der Waals surface area contributed by atoms with Gasteiger partial charge in [0.15, 0.2) is 0 Å². The third kappa shape index (κ3) is 6.35. The molecule has 1 aliphatic carbocycles. The van der Waals surface area contributed by atoms with E-state index in [0.717, 1.165) is 34.9 Å². The van der Waals surface area contributed by atoms with Gasteiger partial charge in [-0.15, -0.1) is 0 Å². The summed E-state index contributed by atoms with van der Waals surface area (Å²) in [6, 6.07) is 85.9. The molecule has 0 saturated carbocycles. The zero-order valence-corrected chi connectivity index (χ0v) is 35.7. The summed E-state index contributed by atoms with van der Waals surface area (Å²) in [5.74, 6) is 1.18. The molecule has 2 aliphatic rings. The van der Waals surface area contributed by atoms with E-state index in [1.165, 1.54) is 66.7 Å². The fourth-order valence-electron chi connectivity index (χ4n) is 10.7. The van der Waals surface area contributed by atoms with Crippen LogP contribution >= 0.6 is 0 Å². The first-order valence-corrected chi connectivity index (χ1v) is 22.4. The molecular formula is C61H46N2O. The number of fused-ring (bicyclic) bond motifs is 7. The topological polar surface area (TPSA) is 17.4 Å². The highest BCUT2D eigenvalue weighted by Crippen LogP contribution is 2.61. The second kappa shape index (κ2) is 15.5. The van der Waals surface area contributed by atoms with Crippen molar-refractivity contribution in [2.75, 3.05) is 4.90 Å². The van der Waals surface area contributed by atoms with Crippen LogP contribution in [0.5, 0.6) is 5.75 Å². The lowest BCUT2D eigenvalue weighted by Gasteiger charge is -2.41. The molecule has 0 radical (unpaired) electrons. The van der Waals surface area contributed by atoms with Crippen LogP contribution in [-0.2, 0) is 5.41 Å². The van der Waals surface area contributed by atoms with Gasteiger partial charge in [0.25, 0.3) is 0 Å². The third-order valence-electron chi connectivity index (χ3n) is 13.8. The Hall–Kier alpha value is -7.88. The first kappa shape index (κ1) is 37.8. The van der Waals surface area contributed by atoms with E-state index in [2.05, 4.69) is 253 Å². The summed E-state index contributed by atoms with van der Waals surface area (Å²) in [7, 11) is 0. The van der Waals surface area contributed by atoms with Crippen molar-refractivity contribution in [3.8, 4) is 44.8 Å². The Labute approximate surface area is 375 Å². The Morgan fingerprint density at radius 3 is 1.44 bits per heavy atom. The number of para-hydroxylation sites is 2. The van der Waals surface area contributed by atoms with Gasteiger partial charge in [-0.3, -0.25) is 0 Å². The molecule has 0 fully saturated rings. The summed E-state index contributed by atoms with van der Waals surface area (Å²) in [4.78, 5) is 2.38. The second-order valence-corrected chi connectivity index (χ2v) is 17.5. The predicted octanol–water partition coefficient (Wildman–Crippen LogP) is 16.0.